The molecule has 0 fully saturated rings. The number of anilines is 1. The van der Waals surface area contributed by atoms with Crippen molar-refractivity contribution in [3.05, 3.63) is 58.3 Å². The molecule has 0 aliphatic heterocycles. The lowest BCUT2D eigenvalue weighted by Gasteiger charge is -2.10. The Morgan fingerprint density at radius 3 is 2.62 bits per heavy atom. The molecule has 4 nitrogen and oxygen atoms in total. The van der Waals surface area contributed by atoms with E-state index in [9.17, 15) is 9.59 Å². The monoisotopic (exact) mass is 343 g/mol. The van der Waals surface area contributed by atoms with Crippen molar-refractivity contribution < 1.29 is 14.3 Å². The third kappa shape index (κ3) is 5.66. The van der Waals surface area contributed by atoms with Gasteiger partial charge in [-0.25, -0.2) is 4.79 Å². The van der Waals surface area contributed by atoms with Gasteiger partial charge in [0.2, 0.25) is 0 Å². The van der Waals surface area contributed by atoms with Gasteiger partial charge in [0.15, 0.2) is 6.61 Å². The van der Waals surface area contributed by atoms with Crippen LogP contribution >= 0.6 is 11.3 Å². The van der Waals surface area contributed by atoms with Crippen molar-refractivity contribution in [2.45, 2.75) is 26.2 Å². The second kappa shape index (κ2) is 9.03. The molecule has 24 heavy (non-hydrogen) atoms. The molecule has 2 aromatic rings. The number of benzene rings is 1. The number of nitrogens with one attached hydrogen (secondary N) is 1. The second-order valence-electron chi connectivity index (χ2n) is 5.48. The molecule has 0 aliphatic carbocycles. The number of carbonyl (C=O) groups excluding carboxylic acids is 2. The van der Waals surface area contributed by atoms with E-state index >= 15 is 0 Å². The van der Waals surface area contributed by atoms with Crippen LogP contribution in [-0.2, 0) is 14.3 Å². The fourth-order valence-corrected chi connectivity index (χ4v) is 2.68. The Bertz CT molecular complexity index is 690. The number of carbonyl (C=O) groups is 2. The van der Waals surface area contributed by atoms with Crippen LogP contribution in [0.25, 0.3) is 6.08 Å². The summed E-state index contributed by atoms with van der Waals surface area (Å²) < 4.78 is 4.92. The maximum Gasteiger partial charge on any atom is 0.331 e. The number of rotatable bonds is 7. The minimum atomic E-state index is -0.538. The third-order valence-corrected chi connectivity index (χ3v) is 4.38. The Morgan fingerprint density at radius 2 is 2.00 bits per heavy atom. The first-order valence-electron chi connectivity index (χ1n) is 7.85. The third-order valence-electron chi connectivity index (χ3n) is 3.68. The van der Waals surface area contributed by atoms with Gasteiger partial charge in [-0.2, -0.15) is 11.3 Å². The number of amides is 1. The molecule has 0 saturated heterocycles. The lowest BCUT2D eigenvalue weighted by Crippen LogP contribution is -2.20. The predicted molar refractivity (Wildman–Crippen MR) is 98.1 cm³/mol. The molecular weight excluding hydrogens is 322 g/mol. The summed E-state index contributed by atoms with van der Waals surface area (Å²) in [4.78, 5) is 23.4. The van der Waals surface area contributed by atoms with E-state index in [4.69, 9.17) is 4.74 Å². The lowest BCUT2D eigenvalue weighted by atomic mass is 9.99. The quantitative estimate of drug-likeness (QED) is 0.596. The predicted octanol–water partition coefficient (Wildman–Crippen LogP) is 4.46. The van der Waals surface area contributed by atoms with Crippen LogP contribution in [0.2, 0.25) is 0 Å². The Labute approximate surface area is 146 Å². The van der Waals surface area contributed by atoms with Crippen LogP contribution in [-0.4, -0.2) is 18.5 Å². The molecule has 0 unspecified atom stereocenters. The van der Waals surface area contributed by atoms with Crippen molar-refractivity contribution in [1.29, 1.82) is 0 Å². The van der Waals surface area contributed by atoms with Gasteiger partial charge in [-0.05, 0) is 58.5 Å². The summed E-state index contributed by atoms with van der Waals surface area (Å²) in [7, 11) is 0. The molecule has 0 spiro atoms. The van der Waals surface area contributed by atoms with Crippen LogP contribution in [0.3, 0.4) is 0 Å². The van der Waals surface area contributed by atoms with Gasteiger partial charge in [-0.1, -0.05) is 26.0 Å². The first-order valence-corrected chi connectivity index (χ1v) is 8.79. The van der Waals surface area contributed by atoms with Gasteiger partial charge in [-0.3, -0.25) is 4.79 Å². The summed E-state index contributed by atoms with van der Waals surface area (Å²) >= 11 is 1.55. The van der Waals surface area contributed by atoms with Gasteiger partial charge >= 0.3 is 5.97 Å². The van der Waals surface area contributed by atoms with Gasteiger partial charge in [0, 0.05) is 11.8 Å². The molecule has 0 radical (unpaired) electrons. The van der Waals surface area contributed by atoms with E-state index in [2.05, 4.69) is 19.2 Å². The highest BCUT2D eigenvalue weighted by molar-refractivity contribution is 7.08. The SMILES string of the molecule is CC[C@@H](C)c1ccc(NC(=O)COC(=O)/C=C/c2ccsc2)cc1. The molecular formula is C19H21NO3S. The summed E-state index contributed by atoms with van der Waals surface area (Å²) in [6.07, 6.45) is 4.04. The van der Waals surface area contributed by atoms with E-state index in [1.165, 1.54) is 11.6 Å². The minimum absolute atomic E-state index is 0.306. The lowest BCUT2D eigenvalue weighted by molar-refractivity contribution is -0.142. The molecule has 2 rings (SSSR count). The molecule has 0 bridgehead atoms. The Hall–Kier alpha value is -2.40. The highest BCUT2D eigenvalue weighted by Gasteiger charge is 2.07. The maximum absolute atomic E-state index is 11.8. The number of hydrogen-bond acceptors (Lipinski definition) is 4. The first kappa shape index (κ1) is 17.9. The molecule has 1 aromatic heterocycles. The smallest absolute Gasteiger partial charge is 0.331 e. The molecule has 1 N–H and O–H groups in total. The summed E-state index contributed by atoms with van der Waals surface area (Å²) in [5.74, 6) is -0.405. The van der Waals surface area contributed by atoms with E-state index in [1.807, 2.05) is 41.1 Å². The van der Waals surface area contributed by atoms with Crippen LogP contribution in [0.1, 0.15) is 37.3 Å². The van der Waals surface area contributed by atoms with Crippen molar-refractivity contribution in [2.75, 3.05) is 11.9 Å². The second-order valence-corrected chi connectivity index (χ2v) is 6.26. The fourth-order valence-electron chi connectivity index (χ4n) is 2.05. The number of esters is 1. The van der Waals surface area contributed by atoms with Gasteiger partial charge in [-0.15, -0.1) is 0 Å². The van der Waals surface area contributed by atoms with Gasteiger partial charge in [0.25, 0.3) is 5.91 Å². The zero-order chi connectivity index (χ0) is 17.4. The van der Waals surface area contributed by atoms with Gasteiger partial charge < -0.3 is 10.1 Å². The minimum Gasteiger partial charge on any atom is -0.452 e. The molecule has 126 valence electrons. The summed E-state index contributed by atoms with van der Waals surface area (Å²) in [6, 6.07) is 9.61. The summed E-state index contributed by atoms with van der Waals surface area (Å²) in [5.41, 5.74) is 2.86. The van der Waals surface area contributed by atoms with Gasteiger partial charge in [0.05, 0.1) is 0 Å². The molecule has 5 heteroatoms. The van der Waals surface area contributed by atoms with Crippen LogP contribution < -0.4 is 5.32 Å². The average Bonchev–Trinajstić information content (AvgIpc) is 3.11. The maximum atomic E-state index is 11.8. The van der Waals surface area contributed by atoms with Crippen molar-refractivity contribution >= 4 is 35.0 Å². The molecule has 1 atom stereocenters. The fraction of sp³-hybridized carbons (Fsp3) is 0.263. The molecule has 0 saturated carbocycles. The van der Waals surface area contributed by atoms with Crippen molar-refractivity contribution in [1.82, 2.24) is 0 Å². The van der Waals surface area contributed by atoms with E-state index < -0.39 is 5.97 Å². The Morgan fingerprint density at radius 1 is 1.25 bits per heavy atom. The van der Waals surface area contributed by atoms with Crippen LogP contribution in [0, 0.1) is 0 Å². The van der Waals surface area contributed by atoms with Crippen molar-refractivity contribution in [2.24, 2.45) is 0 Å². The Kier molecular flexibility index (Phi) is 6.75. The van der Waals surface area contributed by atoms with Crippen molar-refractivity contribution in [3.8, 4) is 0 Å². The van der Waals surface area contributed by atoms with Crippen LogP contribution in [0.4, 0.5) is 5.69 Å². The van der Waals surface area contributed by atoms with Crippen LogP contribution in [0.15, 0.2) is 47.2 Å². The first-order chi connectivity index (χ1) is 11.6. The van der Waals surface area contributed by atoms with Crippen LogP contribution in [0.5, 0.6) is 0 Å². The molecule has 1 heterocycles. The zero-order valence-electron chi connectivity index (χ0n) is 13.8. The molecule has 1 amide bonds. The van der Waals surface area contributed by atoms with E-state index in [0.29, 0.717) is 11.6 Å². The van der Waals surface area contributed by atoms with Crippen molar-refractivity contribution in [3.63, 3.8) is 0 Å². The van der Waals surface area contributed by atoms with E-state index in [1.54, 1.807) is 17.4 Å². The standard InChI is InChI=1S/C19H21NO3S/c1-3-14(2)16-5-7-17(8-6-16)20-18(21)12-23-19(22)9-4-15-10-11-24-13-15/h4-11,13-14H,3,12H2,1-2H3,(H,20,21)/b9-4+/t14-/m1/s1. The zero-order valence-corrected chi connectivity index (χ0v) is 14.6. The molecule has 0 aliphatic rings. The van der Waals surface area contributed by atoms with E-state index in [-0.39, 0.29) is 12.5 Å². The highest BCUT2D eigenvalue weighted by atomic mass is 32.1. The largest absolute Gasteiger partial charge is 0.452 e. The number of hydrogen-bond donors (Lipinski definition) is 1. The van der Waals surface area contributed by atoms with Gasteiger partial charge in [0.1, 0.15) is 0 Å². The topological polar surface area (TPSA) is 55.4 Å². The average molecular weight is 343 g/mol. The molecule has 1 aromatic carbocycles. The Balaban J connectivity index is 1.77. The number of thiophene rings is 1. The normalized spacial score (nSPS) is 12.1. The summed E-state index contributed by atoms with van der Waals surface area (Å²) in [6.45, 7) is 4.00. The number of ether oxygens (including phenoxy) is 1. The summed E-state index contributed by atoms with van der Waals surface area (Å²) in [5, 5.41) is 6.55. The van der Waals surface area contributed by atoms with E-state index in [0.717, 1.165) is 12.0 Å². The highest BCUT2D eigenvalue weighted by Crippen LogP contribution is 2.20.